The molecule has 0 radical (unpaired) electrons. The van der Waals surface area contributed by atoms with Crippen molar-refractivity contribution in [2.45, 2.75) is 32.7 Å². The van der Waals surface area contributed by atoms with Crippen LogP contribution in [-0.2, 0) is 14.3 Å². The normalized spacial score (nSPS) is 20.0. The van der Waals surface area contributed by atoms with E-state index < -0.39 is 17.7 Å². The molecule has 198 valence electrons. The molecule has 8 nitrogen and oxygen atoms in total. The summed E-state index contributed by atoms with van der Waals surface area (Å²) >= 11 is 0. The molecule has 38 heavy (non-hydrogen) atoms. The van der Waals surface area contributed by atoms with E-state index >= 15 is 0 Å². The molecule has 2 aliphatic rings. The van der Waals surface area contributed by atoms with E-state index in [1.165, 1.54) is 5.56 Å². The van der Waals surface area contributed by atoms with Gasteiger partial charge in [0.05, 0.1) is 48.0 Å². The van der Waals surface area contributed by atoms with E-state index in [1.54, 1.807) is 15.8 Å². The smallest absolute Gasteiger partial charge is 0.295 e. The predicted molar refractivity (Wildman–Crippen MR) is 145 cm³/mol. The summed E-state index contributed by atoms with van der Waals surface area (Å²) in [5, 5.41) is 16.0. The highest BCUT2D eigenvalue weighted by atomic mass is 16.5. The van der Waals surface area contributed by atoms with Gasteiger partial charge in [-0.3, -0.25) is 14.5 Å². The molecule has 5 rings (SSSR count). The van der Waals surface area contributed by atoms with Gasteiger partial charge < -0.3 is 14.7 Å². The summed E-state index contributed by atoms with van der Waals surface area (Å²) in [6, 6.07) is 16.9. The van der Waals surface area contributed by atoms with Gasteiger partial charge in [0.25, 0.3) is 11.7 Å². The number of likely N-dealkylation sites (tertiary alicyclic amines) is 1. The van der Waals surface area contributed by atoms with Gasteiger partial charge in [0.2, 0.25) is 0 Å². The van der Waals surface area contributed by atoms with Gasteiger partial charge in [-0.25, -0.2) is 4.68 Å². The van der Waals surface area contributed by atoms with Crippen LogP contribution in [0.3, 0.4) is 0 Å². The third-order valence-electron chi connectivity index (χ3n) is 7.49. The molecule has 3 heterocycles. The van der Waals surface area contributed by atoms with Crippen molar-refractivity contribution in [2.75, 3.05) is 39.4 Å². The molecule has 2 aliphatic heterocycles. The van der Waals surface area contributed by atoms with Gasteiger partial charge in [0, 0.05) is 26.2 Å². The molecular weight excluding hydrogens is 480 g/mol. The van der Waals surface area contributed by atoms with Gasteiger partial charge in [-0.2, -0.15) is 5.10 Å². The highest BCUT2D eigenvalue weighted by Gasteiger charge is 2.46. The molecular formula is C30H34N4O4. The molecule has 0 aliphatic carbocycles. The Morgan fingerprint density at radius 1 is 1.03 bits per heavy atom. The number of Topliss-reactive ketones (excluding diaryl/α,β-unsaturated/α-hetero) is 1. The van der Waals surface area contributed by atoms with E-state index in [2.05, 4.69) is 23.8 Å². The maximum atomic E-state index is 13.5. The van der Waals surface area contributed by atoms with Gasteiger partial charge in [-0.15, -0.1) is 0 Å². The Morgan fingerprint density at radius 3 is 2.37 bits per heavy atom. The molecule has 0 spiro atoms. The average molecular weight is 515 g/mol. The number of amides is 1. The Morgan fingerprint density at radius 2 is 1.71 bits per heavy atom. The van der Waals surface area contributed by atoms with Crippen LogP contribution in [0.15, 0.2) is 66.4 Å². The molecule has 1 amide bonds. The van der Waals surface area contributed by atoms with Crippen LogP contribution in [-0.4, -0.2) is 75.8 Å². The molecule has 0 saturated carbocycles. The minimum Gasteiger partial charge on any atom is -0.507 e. The van der Waals surface area contributed by atoms with Crippen LogP contribution in [0.25, 0.3) is 11.4 Å². The molecule has 0 bridgehead atoms. The number of morpholine rings is 1. The number of hydrogen-bond donors (Lipinski definition) is 1. The number of rotatable bonds is 7. The van der Waals surface area contributed by atoms with E-state index in [1.807, 2.05) is 61.5 Å². The second-order valence-electron chi connectivity index (χ2n) is 10.2. The van der Waals surface area contributed by atoms with Crippen molar-refractivity contribution < 1.29 is 19.4 Å². The summed E-state index contributed by atoms with van der Waals surface area (Å²) < 4.78 is 7.17. The van der Waals surface area contributed by atoms with E-state index in [9.17, 15) is 14.7 Å². The predicted octanol–water partition coefficient (Wildman–Crippen LogP) is 4.06. The quantitative estimate of drug-likeness (QED) is 0.291. The van der Waals surface area contributed by atoms with Crippen molar-refractivity contribution in [1.82, 2.24) is 19.6 Å². The Bertz CT molecular complexity index is 1340. The van der Waals surface area contributed by atoms with Crippen LogP contribution >= 0.6 is 0 Å². The fourth-order valence-corrected chi connectivity index (χ4v) is 5.21. The van der Waals surface area contributed by atoms with Crippen molar-refractivity contribution in [1.29, 1.82) is 0 Å². The first kappa shape index (κ1) is 25.9. The number of aromatic nitrogens is 2. The van der Waals surface area contributed by atoms with Gasteiger partial charge >= 0.3 is 0 Å². The van der Waals surface area contributed by atoms with Crippen molar-refractivity contribution in [3.63, 3.8) is 0 Å². The second kappa shape index (κ2) is 10.9. The first-order valence-electron chi connectivity index (χ1n) is 13.2. The lowest BCUT2D eigenvalue weighted by molar-refractivity contribution is -0.140. The summed E-state index contributed by atoms with van der Waals surface area (Å²) in [4.78, 5) is 30.7. The largest absolute Gasteiger partial charge is 0.507 e. The van der Waals surface area contributed by atoms with E-state index in [-0.39, 0.29) is 11.3 Å². The molecule has 8 heteroatoms. The van der Waals surface area contributed by atoms with Crippen LogP contribution in [0.2, 0.25) is 0 Å². The number of ether oxygens (including phenoxy) is 1. The molecule has 3 aromatic rings. The Balaban J connectivity index is 1.56. The van der Waals surface area contributed by atoms with Crippen molar-refractivity contribution in [3.8, 4) is 5.69 Å². The number of aliphatic hydroxyl groups excluding tert-OH is 1. The number of aliphatic hydroxyl groups is 1. The fourth-order valence-electron chi connectivity index (χ4n) is 5.21. The number of benzene rings is 2. The zero-order valence-electron chi connectivity index (χ0n) is 22.1. The van der Waals surface area contributed by atoms with Crippen LogP contribution in [0.1, 0.15) is 48.2 Å². The first-order chi connectivity index (χ1) is 18.4. The summed E-state index contributed by atoms with van der Waals surface area (Å²) in [6.45, 7) is 9.98. The summed E-state index contributed by atoms with van der Waals surface area (Å²) in [6.07, 6.45) is 1.55. The summed E-state index contributed by atoms with van der Waals surface area (Å²) in [7, 11) is 0. The molecule has 2 aromatic carbocycles. The fraction of sp³-hybridized carbons (Fsp3) is 0.367. The lowest BCUT2D eigenvalue weighted by Crippen LogP contribution is -2.42. The number of hydrogen-bond acceptors (Lipinski definition) is 6. The average Bonchev–Trinajstić information content (AvgIpc) is 3.45. The lowest BCUT2D eigenvalue weighted by Gasteiger charge is -2.31. The molecule has 2 fully saturated rings. The molecule has 1 unspecified atom stereocenters. The summed E-state index contributed by atoms with van der Waals surface area (Å²) in [5.41, 5.74) is 4.02. The monoisotopic (exact) mass is 514 g/mol. The number of carbonyl (C=O) groups excluding carboxylic acids is 2. The number of para-hydroxylation sites is 1. The standard InChI is InChI=1S/C30H34N4O4/c1-20(2)22-9-11-23(12-10-22)27-26(29(36)30(37)33(27)14-13-32-15-17-38-18-16-32)28(35)25-19-31-34(21(25)3)24-7-5-4-6-8-24/h4-12,19-20,27,35H,13-18H2,1-3H3/b28-26-. The first-order valence-corrected chi connectivity index (χ1v) is 13.2. The maximum absolute atomic E-state index is 13.5. The Kier molecular flexibility index (Phi) is 7.44. The van der Waals surface area contributed by atoms with E-state index in [0.717, 1.165) is 24.3 Å². The van der Waals surface area contributed by atoms with Gasteiger partial charge in [0.1, 0.15) is 5.76 Å². The highest BCUT2D eigenvalue weighted by Crippen LogP contribution is 2.40. The van der Waals surface area contributed by atoms with Crippen molar-refractivity contribution in [2.24, 2.45) is 0 Å². The van der Waals surface area contributed by atoms with Crippen LogP contribution in [0, 0.1) is 6.92 Å². The molecule has 1 atom stereocenters. The third-order valence-corrected chi connectivity index (χ3v) is 7.49. The Hall–Kier alpha value is -3.75. The van der Waals surface area contributed by atoms with Gasteiger partial charge in [-0.1, -0.05) is 56.3 Å². The van der Waals surface area contributed by atoms with Gasteiger partial charge in [-0.05, 0) is 36.1 Å². The Labute approximate surface area is 223 Å². The van der Waals surface area contributed by atoms with Crippen LogP contribution < -0.4 is 0 Å². The van der Waals surface area contributed by atoms with Crippen LogP contribution in [0.4, 0.5) is 0 Å². The van der Waals surface area contributed by atoms with Crippen LogP contribution in [0.5, 0.6) is 0 Å². The minimum atomic E-state index is -0.684. The second-order valence-corrected chi connectivity index (χ2v) is 10.2. The third kappa shape index (κ3) is 4.89. The zero-order valence-corrected chi connectivity index (χ0v) is 22.1. The van der Waals surface area contributed by atoms with Crippen molar-refractivity contribution in [3.05, 3.63) is 88.8 Å². The highest BCUT2D eigenvalue weighted by molar-refractivity contribution is 6.46. The number of ketones is 1. The molecule has 2 saturated heterocycles. The lowest BCUT2D eigenvalue weighted by atomic mass is 9.93. The van der Waals surface area contributed by atoms with E-state index in [0.29, 0.717) is 43.5 Å². The molecule has 1 aromatic heterocycles. The zero-order chi connectivity index (χ0) is 26.8. The van der Waals surface area contributed by atoms with Crippen molar-refractivity contribution >= 4 is 17.4 Å². The number of nitrogens with zero attached hydrogens (tertiary/aromatic N) is 4. The SMILES string of the molecule is Cc1c(/C(O)=C2/C(=O)C(=O)N(CCN3CCOCC3)C2c2ccc(C(C)C)cc2)cnn1-c1ccccc1. The maximum Gasteiger partial charge on any atom is 0.295 e. The topological polar surface area (TPSA) is 87.9 Å². The number of carbonyl (C=O) groups is 2. The minimum absolute atomic E-state index is 0.102. The van der Waals surface area contributed by atoms with E-state index in [4.69, 9.17) is 4.74 Å². The summed E-state index contributed by atoms with van der Waals surface area (Å²) in [5.74, 6) is -1.11. The molecule has 1 N–H and O–H groups in total. The van der Waals surface area contributed by atoms with Gasteiger partial charge in [0.15, 0.2) is 0 Å².